The fourth-order valence-corrected chi connectivity index (χ4v) is 1.29. The Bertz CT molecular complexity index is 72.8. The lowest BCUT2D eigenvalue weighted by Crippen LogP contribution is -2.14. The maximum absolute atomic E-state index is 11.5. The zero-order valence-electron chi connectivity index (χ0n) is 5.79. The van der Waals surface area contributed by atoms with E-state index in [2.05, 4.69) is 0 Å². The zero-order chi connectivity index (χ0) is 7.82. The Morgan fingerprint density at radius 2 is 2.20 bits per heavy atom. The van der Waals surface area contributed by atoms with Gasteiger partial charge in [-0.25, -0.2) is 0 Å². The highest BCUT2D eigenvalue weighted by Gasteiger charge is 2.00. The molecule has 0 saturated carbocycles. The van der Waals surface area contributed by atoms with Gasteiger partial charge in [0.05, 0.1) is 19.4 Å². The molecule has 2 N–H and O–H groups in total. The molecular weight excluding hydrogens is 155 g/mol. The van der Waals surface area contributed by atoms with Crippen molar-refractivity contribution < 1.29 is 14.6 Å². The highest BCUT2D eigenvalue weighted by Crippen LogP contribution is 2.04. The number of hydrogen-bond acceptors (Lipinski definition) is 3. The fourth-order valence-electron chi connectivity index (χ4n) is 0.429. The maximum atomic E-state index is 11.5. The average Bonchev–Trinajstić information content (AvgIpc) is 1.98. The van der Waals surface area contributed by atoms with Gasteiger partial charge in [-0.2, -0.15) is 11.8 Å². The molecule has 0 aliphatic rings. The second-order valence-electron chi connectivity index (χ2n) is 1.95. The van der Waals surface area contributed by atoms with Crippen molar-refractivity contribution in [1.29, 1.82) is 0 Å². The molecule has 1 atom stereocenters. The molecule has 1 unspecified atom stereocenters. The number of alkyl halides is 1. The van der Waals surface area contributed by atoms with Crippen LogP contribution in [-0.4, -0.2) is 41.1 Å². The van der Waals surface area contributed by atoms with Crippen molar-refractivity contribution in [2.24, 2.45) is 0 Å². The molecule has 0 rings (SSSR count). The van der Waals surface area contributed by atoms with E-state index in [4.69, 9.17) is 10.2 Å². The first-order valence-electron chi connectivity index (χ1n) is 3.24. The summed E-state index contributed by atoms with van der Waals surface area (Å²) in [6, 6.07) is 0. The van der Waals surface area contributed by atoms with Crippen LogP contribution in [0.5, 0.6) is 0 Å². The molecule has 0 fully saturated rings. The smallest absolute Gasteiger partial charge is 0.0902 e. The number of rotatable bonds is 6. The molecule has 2 nitrogen and oxygen atoms in total. The normalized spacial score (nSPS) is 13.5. The predicted octanol–water partition coefficient (Wildman–Crippen LogP) is 0.432. The SMILES string of the molecule is OCC(O)CSCCCF. The molecule has 0 aliphatic heterocycles. The van der Waals surface area contributed by atoms with Crippen LogP contribution in [0, 0.1) is 0 Å². The molecule has 0 aliphatic carbocycles. The lowest BCUT2D eigenvalue weighted by molar-refractivity contribution is 0.113. The third-order valence-corrected chi connectivity index (χ3v) is 2.14. The quantitative estimate of drug-likeness (QED) is 0.565. The first kappa shape index (κ1) is 10.2. The summed E-state index contributed by atoms with van der Waals surface area (Å²) in [6.07, 6.45) is -0.118. The molecule has 4 heteroatoms. The minimum absolute atomic E-state index is 0.206. The largest absolute Gasteiger partial charge is 0.394 e. The summed E-state index contributed by atoms with van der Waals surface area (Å²) in [5, 5.41) is 17.1. The van der Waals surface area contributed by atoms with Crippen LogP contribution in [0.3, 0.4) is 0 Å². The van der Waals surface area contributed by atoms with E-state index in [0.717, 1.165) is 0 Å². The summed E-state index contributed by atoms with van der Waals surface area (Å²) >= 11 is 1.46. The van der Waals surface area contributed by atoms with Crippen molar-refractivity contribution in [3.05, 3.63) is 0 Å². The first-order valence-corrected chi connectivity index (χ1v) is 4.39. The van der Waals surface area contributed by atoms with E-state index < -0.39 is 6.10 Å². The van der Waals surface area contributed by atoms with Gasteiger partial charge in [-0.05, 0) is 12.2 Å². The molecule has 0 amide bonds. The van der Waals surface area contributed by atoms with E-state index in [1.165, 1.54) is 11.8 Å². The van der Waals surface area contributed by atoms with Crippen molar-refractivity contribution in [3.63, 3.8) is 0 Å². The van der Waals surface area contributed by atoms with Crippen LogP contribution in [-0.2, 0) is 0 Å². The van der Waals surface area contributed by atoms with Gasteiger partial charge in [0.2, 0.25) is 0 Å². The summed E-state index contributed by atoms with van der Waals surface area (Å²) in [5.74, 6) is 1.21. The molecule has 0 aromatic rings. The number of aliphatic hydroxyl groups excluding tert-OH is 2. The van der Waals surface area contributed by atoms with Gasteiger partial charge in [-0.1, -0.05) is 0 Å². The van der Waals surface area contributed by atoms with Crippen LogP contribution in [0.1, 0.15) is 6.42 Å². The van der Waals surface area contributed by atoms with Crippen LogP contribution in [0.15, 0.2) is 0 Å². The van der Waals surface area contributed by atoms with E-state index in [0.29, 0.717) is 17.9 Å². The van der Waals surface area contributed by atoms with Crippen molar-refractivity contribution in [3.8, 4) is 0 Å². The van der Waals surface area contributed by atoms with Gasteiger partial charge in [-0.15, -0.1) is 0 Å². The van der Waals surface area contributed by atoms with Gasteiger partial charge in [0.1, 0.15) is 0 Å². The van der Waals surface area contributed by atoms with Crippen molar-refractivity contribution in [1.82, 2.24) is 0 Å². The van der Waals surface area contributed by atoms with Gasteiger partial charge in [0.15, 0.2) is 0 Å². The van der Waals surface area contributed by atoms with Crippen LogP contribution in [0.4, 0.5) is 4.39 Å². The predicted molar refractivity (Wildman–Crippen MR) is 41.0 cm³/mol. The van der Waals surface area contributed by atoms with Crippen molar-refractivity contribution in [2.45, 2.75) is 12.5 Å². The summed E-state index contributed by atoms with van der Waals surface area (Å²) in [4.78, 5) is 0. The summed E-state index contributed by atoms with van der Waals surface area (Å²) in [5.41, 5.74) is 0. The maximum Gasteiger partial charge on any atom is 0.0902 e. The Kier molecular flexibility index (Phi) is 7.45. The first-order chi connectivity index (χ1) is 4.81. The summed E-state index contributed by atoms with van der Waals surface area (Å²) in [7, 11) is 0. The van der Waals surface area contributed by atoms with Crippen molar-refractivity contribution in [2.75, 3.05) is 24.8 Å². The second-order valence-corrected chi connectivity index (χ2v) is 3.10. The van der Waals surface area contributed by atoms with Gasteiger partial charge < -0.3 is 10.2 Å². The molecule has 62 valence electrons. The lowest BCUT2D eigenvalue weighted by Gasteiger charge is -2.04. The molecule has 0 aromatic carbocycles. The van der Waals surface area contributed by atoms with Crippen LogP contribution < -0.4 is 0 Å². The van der Waals surface area contributed by atoms with E-state index in [1.54, 1.807) is 0 Å². The third-order valence-electron chi connectivity index (χ3n) is 0.943. The van der Waals surface area contributed by atoms with Gasteiger partial charge in [0.25, 0.3) is 0 Å². The zero-order valence-corrected chi connectivity index (χ0v) is 6.61. The molecule has 10 heavy (non-hydrogen) atoms. The monoisotopic (exact) mass is 168 g/mol. The number of aliphatic hydroxyl groups is 2. The molecule has 0 bridgehead atoms. The molecule has 0 saturated heterocycles. The fraction of sp³-hybridized carbons (Fsp3) is 1.00. The Labute approximate surface area is 64.4 Å². The molecular formula is C6H13FO2S. The second kappa shape index (κ2) is 7.31. The van der Waals surface area contributed by atoms with Gasteiger partial charge >= 0.3 is 0 Å². The van der Waals surface area contributed by atoms with E-state index >= 15 is 0 Å². The standard InChI is InChI=1S/C6H13FO2S/c7-2-1-3-10-5-6(9)4-8/h6,8-9H,1-5H2. The van der Waals surface area contributed by atoms with E-state index in [1.807, 2.05) is 0 Å². The Morgan fingerprint density at radius 1 is 1.50 bits per heavy atom. The van der Waals surface area contributed by atoms with E-state index in [-0.39, 0.29) is 13.3 Å². The van der Waals surface area contributed by atoms with Gasteiger partial charge in [-0.3, -0.25) is 4.39 Å². The average molecular weight is 168 g/mol. The Morgan fingerprint density at radius 3 is 2.70 bits per heavy atom. The third kappa shape index (κ3) is 6.32. The number of thioether (sulfide) groups is 1. The molecule has 0 spiro atoms. The molecule has 0 aromatic heterocycles. The van der Waals surface area contributed by atoms with Crippen LogP contribution in [0.2, 0.25) is 0 Å². The minimum Gasteiger partial charge on any atom is -0.394 e. The van der Waals surface area contributed by atoms with Crippen LogP contribution in [0.25, 0.3) is 0 Å². The Hall–Kier alpha value is 0.200. The van der Waals surface area contributed by atoms with E-state index in [9.17, 15) is 4.39 Å². The lowest BCUT2D eigenvalue weighted by atomic mass is 10.4. The highest BCUT2D eigenvalue weighted by atomic mass is 32.2. The summed E-state index contributed by atoms with van der Waals surface area (Å²) < 4.78 is 11.5. The summed E-state index contributed by atoms with van der Waals surface area (Å²) in [6.45, 7) is -0.509. The Balaban J connectivity index is 2.89. The number of halogens is 1. The highest BCUT2D eigenvalue weighted by molar-refractivity contribution is 7.99. The minimum atomic E-state index is -0.649. The van der Waals surface area contributed by atoms with Gasteiger partial charge in [0, 0.05) is 5.75 Å². The number of hydrogen-bond donors (Lipinski definition) is 2. The van der Waals surface area contributed by atoms with Crippen LogP contribution >= 0.6 is 11.8 Å². The van der Waals surface area contributed by atoms with Crippen molar-refractivity contribution >= 4 is 11.8 Å². The molecule has 0 heterocycles. The molecule has 0 radical (unpaired) electrons. The topological polar surface area (TPSA) is 40.5 Å².